The van der Waals surface area contributed by atoms with Crippen LogP contribution in [0, 0.1) is 5.82 Å². The minimum atomic E-state index is -1.23. The molecule has 0 aliphatic carbocycles. The summed E-state index contributed by atoms with van der Waals surface area (Å²) in [5, 5.41) is 17.2. The Morgan fingerprint density at radius 3 is 2.40 bits per heavy atom. The highest BCUT2D eigenvalue weighted by atomic mass is 19.1. The number of aromatic nitrogens is 2. The number of hydrogen-bond donors (Lipinski definition) is 2. The lowest BCUT2D eigenvalue weighted by Crippen LogP contribution is -2.55. The van der Waals surface area contributed by atoms with Crippen LogP contribution >= 0.6 is 0 Å². The van der Waals surface area contributed by atoms with E-state index in [1.54, 1.807) is 13.8 Å². The number of nitrogens with one attached hydrogen (secondary N) is 1. The number of hydroxylamine groups is 2. The van der Waals surface area contributed by atoms with Crippen LogP contribution in [0.4, 0.5) is 9.18 Å². The number of carboxylic acid groups (broad SMARTS) is 1. The first-order chi connectivity index (χ1) is 20.1. The lowest BCUT2D eigenvalue weighted by molar-refractivity contribution is -0.157. The first-order valence-electron chi connectivity index (χ1n) is 13.2. The molecule has 0 bridgehead atoms. The summed E-state index contributed by atoms with van der Waals surface area (Å²) in [5.74, 6) is -3.88. The molecule has 1 aromatic carbocycles. The van der Waals surface area contributed by atoms with E-state index >= 15 is 0 Å². The number of carboxylic acids is 1. The lowest BCUT2D eigenvalue weighted by Gasteiger charge is -2.35. The van der Waals surface area contributed by atoms with E-state index in [1.807, 2.05) is 0 Å². The molecule has 0 unspecified atom stereocenters. The van der Waals surface area contributed by atoms with Gasteiger partial charge in [0, 0.05) is 25.6 Å². The van der Waals surface area contributed by atoms with Gasteiger partial charge in [-0.1, -0.05) is 6.07 Å². The third kappa shape index (κ3) is 9.15. The zero-order valence-electron chi connectivity index (χ0n) is 23.1. The highest BCUT2D eigenvalue weighted by Gasteiger charge is 2.31. The molecule has 2 aromatic rings. The second-order valence-electron chi connectivity index (χ2n) is 8.84. The Hall–Kier alpha value is -4.73. The Bertz CT molecular complexity index is 1280. The fraction of sp³-hybridized carbons (Fsp3) is 0.462. The van der Waals surface area contributed by atoms with E-state index in [-0.39, 0.29) is 63.1 Å². The third-order valence-electron chi connectivity index (χ3n) is 5.87. The molecule has 1 fully saturated rings. The predicted octanol–water partition coefficient (Wildman–Crippen LogP) is 1.15. The first kappa shape index (κ1) is 31.8. The SMILES string of the molecule is CCOC(=O)COc1cc(C(=O)N[C@@H](CCC(=O)O)C(=O)N2CCN(OC(=O)OCC)CC2)nn1-c1cccc(F)c1. The third-order valence-corrected chi connectivity index (χ3v) is 5.87. The number of nitrogens with zero attached hydrogens (tertiary/aromatic N) is 4. The van der Waals surface area contributed by atoms with Crippen LogP contribution in [0.2, 0.25) is 0 Å². The summed E-state index contributed by atoms with van der Waals surface area (Å²) in [4.78, 5) is 67.6. The number of ether oxygens (including phenoxy) is 3. The quantitative estimate of drug-likeness (QED) is 0.317. The van der Waals surface area contributed by atoms with Crippen LogP contribution in [-0.2, 0) is 28.7 Å². The molecule has 1 saturated heterocycles. The maximum absolute atomic E-state index is 13.9. The molecule has 3 rings (SSSR count). The van der Waals surface area contributed by atoms with Gasteiger partial charge in [0.15, 0.2) is 12.3 Å². The summed E-state index contributed by atoms with van der Waals surface area (Å²) < 4.78 is 30.1. The van der Waals surface area contributed by atoms with E-state index in [9.17, 15) is 33.5 Å². The van der Waals surface area contributed by atoms with Gasteiger partial charge in [0.25, 0.3) is 5.91 Å². The average molecular weight is 594 g/mol. The van der Waals surface area contributed by atoms with Gasteiger partial charge in [-0.2, -0.15) is 5.10 Å². The molecule has 0 saturated carbocycles. The van der Waals surface area contributed by atoms with Crippen LogP contribution in [-0.4, -0.2) is 107 Å². The van der Waals surface area contributed by atoms with E-state index < -0.39 is 54.8 Å². The van der Waals surface area contributed by atoms with Crippen molar-refractivity contribution in [3.05, 3.63) is 41.8 Å². The smallest absolute Gasteiger partial charge is 0.481 e. The Kier molecular flexibility index (Phi) is 11.6. The number of piperazine rings is 1. The normalized spacial score (nSPS) is 14.0. The van der Waals surface area contributed by atoms with Gasteiger partial charge in [0.2, 0.25) is 11.8 Å². The van der Waals surface area contributed by atoms with E-state index in [0.29, 0.717) is 0 Å². The van der Waals surface area contributed by atoms with Crippen molar-refractivity contribution in [1.29, 1.82) is 0 Å². The van der Waals surface area contributed by atoms with Crippen molar-refractivity contribution in [1.82, 2.24) is 25.1 Å². The molecule has 1 aromatic heterocycles. The zero-order valence-corrected chi connectivity index (χ0v) is 23.1. The summed E-state index contributed by atoms with van der Waals surface area (Å²) in [6.07, 6.45) is -1.49. The van der Waals surface area contributed by atoms with Gasteiger partial charge in [-0.15, -0.1) is 5.06 Å². The largest absolute Gasteiger partial charge is 0.527 e. The van der Waals surface area contributed by atoms with E-state index in [1.165, 1.54) is 34.2 Å². The molecule has 228 valence electrons. The Morgan fingerprint density at radius 2 is 1.76 bits per heavy atom. The second kappa shape index (κ2) is 15.3. The molecule has 0 radical (unpaired) electrons. The van der Waals surface area contributed by atoms with Crippen molar-refractivity contribution < 1.29 is 52.5 Å². The van der Waals surface area contributed by atoms with E-state index in [2.05, 4.69) is 10.4 Å². The van der Waals surface area contributed by atoms with Crippen molar-refractivity contribution in [2.24, 2.45) is 0 Å². The molecule has 0 spiro atoms. The molecule has 2 N–H and O–H groups in total. The molecule has 42 heavy (non-hydrogen) atoms. The zero-order chi connectivity index (χ0) is 30.6. The monoisotopic (exact) mass is 593 g/mol. The number of carbonyl (C=O) groups excluding carboxylic acids is 4. The number of halogens is 1. The number of rotatable bonds is 13. The van der Waals surface area contributed by atoms with Gasteiger partial charge in [0.1, 0.15) is 11.9 Å². The minimum Gasteiger partial charge on any atom is -0.481 e. The first-order valence-corrected chi connectivity index (χ1v) is 13.2. The predicted molar refractivity (Wildman–Crippen MR) is 140 cm³/mol. The van der Waals surface area contributed by atoms with Crippen LogP contribution in [0.5, 0.6) is 5.88 Å². The average Bonchev–Trinajstić information content (AvgIpc) is 3.39. The second-order valence-corrected chi connectivity index (χ2v) is 8.84. The number of esters is 1. The number of aliphatic carboxylic acids is 1. The molecule has 15 nitrogen and oxygen atoms in total. The van der Waals surface area contributed by atoms with Crippen molar-refractivity contribution in [2.45, 2.75) is 32.7 Å². The molecule has 1 aliphatic rings. The van der Waals surface area contributed by atoms with E-state index in [0.717, 1.165) is 10.7 Å². The molecule has 16 heteroatoms. The summed E-state index contributed by atoms with van der Waals surface area (Å²) in [6, 6.07) is 5.23. The van der Waals surface area contributed by atoms with Gasteiger partial charge in [0.05, 0.1) is 32.0 Å². The maximum Gasteiger partial charge on any atom is 0.527 e. The molecular formula is C26H32FN5O10. The van der Waals surface area contributed by atoms with Gasteiger partial charge >= 0.3 is 18.1 Å². The molecule has 2 amide bonds. The number of benzene rings is 1. The molecule has 1 aliphatic heterocycles. The van der Waals surface area contributed by atoms with Crippen LogP contribution in [0.1, 0.15) is 37.2 Å². The fourth-order valence-electron chi connectivity index (χ4n) is 3.93. The van der Waals surface area contributed by atoms with Crippen LogP contribution in [0.15, 0.2) is 30.3 Å². The topological polar surface area (TPSA) is 179 Å². The Labute approximate surface area is 240 Å². The minimum absolute atomic E-state index is 0.0788. The number of hydrogen-bond acceptors (Lipinski definition) is 11. The van der Waals surface area contributed by atoms with Gasteiger partial charge in [-0.25, -0.2) is 18.7 Å². The maximum atomic E-state index is 13.9. The summed E-state index contributed by atoms with van der Waals surface area (Å²) in [6.45, 7) is 3.62. The van der Waals surface area contributed by atoms with Crippen molar-refractivity contribution >= 4 is 29.9 Å². The lowest BCUT2D eigenvalue weighted by atomic mass is 10.1. The summed E-state index contributed by atoms with van der Waals surface area (Å²) in [5.41, 5.74) is -0.0479. The summed E-state index contributed by atoms with van der Waals surface area (Å²) in [7, 11) is 0. The highest BCUT2D eigenvalue weighted by molar-refractivity contribution is 5.96. The van der Waals surface area contributed by atoms with Crippen LogP contribution in [0.3, 0.4) is 0 Å². The highest BCUT2D eigenvalue weighted by Crippen LogP contribution is 2.21. The van der Waals surface area contributed by atoms with Crippen LogP contribution < -0.4 is 10.1 Å². The van der Waals surface area contributed by atoms with Crippen molar-refractivity contribution in [2.75, 3.05) is 46.0 Å². The fourth-order valence-corrected chi connectivity index (χ4v) is 3.93. The molecular weight excluding hydrogens is 561 g/mol. The Morgan fingerprint density at radius 1 is 1.05 bits per heavy atom. The van der Waals surface area contributed by atoms with Crippen LogP contribution in [0.25, 0.3) is 5.69 Å². The van der Waals surface area contributed by atoms with Gasteiger partial charge in [-0.3, -0.25) is 14.4 Å². The number of carbonyl (C=O) groups is 5. The van der Waals surface area contributed by atoms with Crippen molar-refractivity contribution in [3.8, 4) is 11.6 Å². The van der Waals surface area contributed by atoms with Gasteiger partial charge in [-0.05, 0) is 38.5 Å². The number of amides is 2. The van der Waals surface area contributed by atoms with Gasteiger partial charge < -0.3 is 34.4 Å². The Balaban J connectivity index is 1.76. The summed E-state index contributed by atoms with van der Waals surface area (Å²) >= 11 is 0. The molecule has 2 heterocycles. The standard InChI is InChI=1S/C26H32FN5O10/c1-3-39-23(35)16-41-21-15-20(29-32(21)18-7-5-6-17(27)14-18)24(36)28-19(8-9-22(33)34)25(37)30-10-12-31(13-11-30)42-26(38)40-4-2/h5-7,14-15,19H,3-4,8-13,16H2,1-2H3,(H,28,36)(H,33,34)/t19-/m0/s1. The molecule has 1 atom stereocenters. The van der Waals surface area contributed by atoms with E-state index in [4.69, 9.17) is 19.0 Å². The van der Waals surface area contributed by atoms with Crippen molar-refractivity contribution in [3.63, 3.8) is 0 Å².